The molecule has 0 saturated carbocycles. The lowest BCUT2D eigenvalue weighted by Crippen LogP contribution is -2.42. The Morgan fingerprint density at radius 2 is 1.71 bits per heavy atom. The molecule has 2 aromatic carbocycles. The summed E-state index contributed by atoms with van der Waals surface area (Å²) in [4.78, 5) is 38.8. The highest BCUT2D eigenvalue weighted by atomic mass is 32.1. The largest absolute Gasteiger partial charge is 0.350 e. The Labute approximate surface area is 183 Å². The number of nitrogens with one attached hydrogen (secondary N) is 1. The van der Waals surface area contributed by atoms with E-state index in [0.717, 1.165) is 22.3 Å². The summed E-state index contributed by atoms with van der Waals surface area (Å²) < 4.78 is 3.07. The van der Waals surface area contributed by atoms with Crippen LogP contribution < -0.4 is 16.6 Å². The smallest absolute Gasteiger partial charge is 0.332 e. The molecule has 0 aliphatic heterocycles. The number of amides is 1. The minimum absolute atomic E-state index is 0.147. The lowest BCUT2D eigenvalue weighted by Gasteiger charge is -2.13. The monoisotopic (exact) mass is 433 g/mol. The van der Waals surface area contributed by atoms with E-state index in [1.54, 1.807) is 11.4 Å². The van der Waals surface area contributed by atoms with Crippen LogP contribution in [-0.2, 0) is 24.4 Å². The van der Waals surface area contributed by atoms with Crippen LogP contribution in [-0.4, -0.2) is 15.0 Å². The van der Waals surface area contributed by atoms with Crippen LogP contribution in [0.15, 0.2) is 69.6 Å². The van der Waals surface area contributed by atoms with Crippen molar-refractivity contribution in [3.8, 4) is 0 Å². The zero-order valence-corrected chi connectivity index (χ0v) is 18.2. The van der Waals surface area contributed by atoms with Gasteiger partial charge in [-0.15, -0.1) is 11.3 Å². The fourth-order valence-corrected chi connectivity index (χ4v) is 4.35. The number of carbonyl (C=O) groups excluding carboxylic acids is 1. The maximum Gasteiger partial charge on any atom is 0.332 e. The van der Waals surface area contributed by atoms with Crippen LogP contribution in [0.3, 0.4) is 0 Å². The second-order valence-electron chi connectivity index (χ2n) is 7.58. The summed E-state index contributed by atoms with van der Waals surface area (Å²) in [6.07, 6.45) is 0. The maximum absolute atomic E-state index is 13.2. The van der Waals surface area contributed by atoms with Crippen molar-refractivity contribution in [1.82, 2.24) is 14.5 Å². The van der Waals surface area contributed by atoms with E-state index in [2.05, 4.69) is 5.32 Å². The Balaban J connectivity index is 1.66. The summed E-state index contributed by atoms with van der Waals surface area (Å²) in [7, 11) is 0. The van der Waals surface area contributed by atoms with E-state index in [9.17, 15) is 14.4 Å². The van der Waals surface area contributed by atoms with Gasteiger partial charge in [-0.2, -0.15) is 0 Å². The number of benzene rings is 2. The van der Waals surface area contributed by atoms with Crippen molar-refractivity contribution in [2.24, 2.45) is 0 Å². The molecule has 31 heavy (non-hydrogen) atoms. The van der Waals surface area contributed by atoms with Crippen molar-refractivity contribution in [1.29, 1.82) is 0 Å². The van der Waals surface area contributed by atoms with Crippen LogP contribution in [0.1, 0.15) is 22.3 Å². The van der Waals surface area contributed by atoms with Gasteiger partial charge < -0.3 is 5.32 Å². The van der Waals surface area contributed by atoms with Crippen molar-refractivity contribution in [2.45, 2.75) is 33.5 Å². The molecule has 4 rings (SSSR count). The van der Waals surface area contributed by atoms with Crippen LogP contribution in [0.5, 0.6) is 0 Å². The third-order valence-electron chi connectivity index (χ3n) is 5.38. The van der Waals surface area contributed by atoms with Gasteiger partial charge in [0.25, 0.3) is 5.56 Å². The van der Waals surface area contributed by atoms with Gasteiger partial charge in [0.1, 0.15) is 11.2 Å². The van der Waals surface area contributed by atoms with Crippen LogP contribution in [0, 0.1) is 13.8 Å². The molecule has 6 nitrogen and oxygen atoms in total. The Morgan fingerprint density at radius 1 is 0.935 bits per heavy atom. The van der Waals surface area contributed by atoms with Gasteiger partial charge in [-0.3, -0.25) is 18.7 Å². The SMILES string of the molecule is Cc1ccc(Cn2c(=O)c3sccc3n(CC(=O)NCc3ccccc3)c2=O)cc1C. The lowest BCUT2D eigenvalue weighted by molar-refractivity contribution is -0.121. The van der Waals surface area contributed by atoms with Gasteiger partial charge >= 0.3 is 5.69 Å². The first-order valence-corrected chi connectivity index (χ1v) is 10.9. The van der Waals surface area contributed by atoms with E-state index >= 15 is 0 Å². The van der Waals surface area contributed by atoms with Crippen LogP contribution in [0.2, 0.25) is 0 Å². The Bertz CT molecular complexity index is 1370. The van der Waals surface area contributed by atoms with Crippen molar-refractivity contribution < 1.29 is 4.79 Å². The number of hydrogen-bond donors (Lipinski definition) is 1. The zero-order valence-electron chi connectivity index (χ0n) is 17.4. The Hall–Kier alpha value is -3.45. The minimum Gasteiger partial charge on any atom is -0.350 e. The predicted octanol–water partition coefficient (Wildman–Crippen LogP) is 3.21. The van der Waals surface area contributed by atoms with Gasteiger partial charge in [-0.25, -0.2) is 4.79 Å². The third-order valence-corrected chi connectivity index (χ3v) is 6.27. The van der Waals surface area contributed by atoms with E-state index in [-0.39, 0.29) is 24.6 Å². The number of thiophene rings is 1. The summed E-state index contributed by atoms with van der Waals surface area (Å²) in [6.45, 7) is 4.41. The van der Waals surface area contributed by atoms with Gasteiger partial charge in [0.15, 0.2) is 0 Å². The molecule has 0 aliphatic rings. The van der Waals surface area contributed by atoms with Crippen molar-refractivity contribution in [3.05, 3.63) is 103 Å². The van der Waals surface area contributed by atoms with Gasteiger partial charge in [0.05, 0.1) is 12.1 Å². The predicted molar refractivity (Wildman–Crippen MR) is 124 cm³/mol. The second-order valence-corrected chi connectivity index (χ2v) is 8.49. The molecular weight excluding hydrogens is 410 g/mol. The number of nitrogens with zero attached hydrogens (tertiary/aromatic N) is 2. The molecule has 1 N–H and O–H groups in total. The molecule has 0 saturated heterocycles. The molecule has 158 valence electrons. The normalized spacial score (nSPS) is 11.0. The van der Waals surface area contributed by atoms with E-state index < -0.39 is 5.69 Å². The van der Waals surface area contributed by atoms with E-state index in [1.165, 1.54) is 20.5 Å². The number of carbonyl (C=O) groups is 1. The van der Waals surface area contributed by atoms with Gasteiger partial charge in [0.2, 0.25) is 5.91 Å². The molecule has 1 amide bonds. The average molecular weight is 434 g/mol. The fourth-order valence-electron chi connectivity index (χ4n) is 3.51. The van der Waals surface area contributed by atoms with Crippen LogP contribution in [0.25, 0.3) is 10.2 Å². The van der Waals surface area contributed by atoms with E-state index in [1.807, 2.05) is 62.4 Å². The maximum atomic E-state index is 13.2. The van der Waals surface area contributed by atoms with Crippen molar-refractivity contribution >= 4 is 27.5 Å². The molecular formula is C24H23N3O3S. The summed E-state index contributed by atoms with van der Waals surface area (Å²) >= 11 is 1.28. The van der Waals surface area contributed by atoms with Gasteiger partial charge in [-0.1, -0.05) is 48.5 Å². The van der Waals surface area contributed by atoms with Crippen molar-refractivity contribution in [2.75, 3.05) is 0 Å². The Morgan fingerprint density at radius 3 is 2.45 bits per heavy atom. The summed E-state index contributed by atoms with van der Waals surface area (Å²) in [5.41, 5.74) is 3.78. The molecule has 4 aromatic rings. The van der Waals surface area contributed by atoms with Crippen molar-refractivity contribution in [3.63, 3.8) is 0 Å². The number of hydrogen-bond acceptors (Lipinski definition) is 4. The first kappa shape index (κ1) is 20.8. The molecule has 0 aliphatic carbocycles. The topological polar surface area (TPSA) is 73.1 Å². The van der Waals surface area contributed by atoms with E-state index in [4.69, 9.17) is 0 Å². The molecule has 0 fully saturated rings. The molecule has 0 spiro atoms. The lowest BCUT2D eigenvalue weighted by atomic mass is 10.1. The highest BCUT2D eigenvalue weighted by Crippen LogP contribution is 2.16. The first-order chi connectivity index (χ1) is 14.9. The molecule has 2 aromatic heterocycles. The standard InChI is InChI=1S/C24H23N3O3S/c1-16-8-9-19(12-17(16)2)14-27-23(29)22-20(10-11-31-22)26(24(27)30)15-21(28)25-13-18-6-4-3-5-7-18/h3-12H,13-15H2,1-2H3,(H,25,28). The minimum atomic E-state index is -0.482. The fraction of sp³-hybridized carbons (Fsp3) is 0.208. The summed E-state index contributed by atoms with van der Waals surface area (Å²) in [6, 6.07) is 17.2. The van der Waals surface area contributed by atoms with E-state index in [0.29, 0.717) is 16.8 Å². The summed E-state index contributed by atoms with van der Waals surface area (Å²) in [5, 5.41) is 4.61. The summed E-state index contributed by atoms with van der Waals surface area (Å²) in [5.74, 6) is -0.283. The first-order valence-electron chi connectivity index (χ1n) is 10.0. The zero-order chi connectivity index (χ0) is 22.0. The van der Waals surface area contributed by atoms with Gasteiger partial charge in [-0.05, 0) is 47.5 Å². The average Bonchev–Trinajstić information content (AvgIpc) is 3.26. The molecule has 0 atom stereocenters. The van der Waals surface area contributed by atoms with Crippen LogP contribution in [0.4, 0.5) is 0 Å². The highest BCUT2D eigenvalue weighted by molar-refractivity contribution is 7.17. The molecule has 7 heteroatoms. The number of fused-ring (bicyclic) bond motifs is 1. The number of aryl methyl sites for hydroxylation is 2. The Kier molecular flexibility index (Phi) is 5.86. The molecule has 0 bridgehead atoms. The third kappa shape index (κ3) is 4.36. The number of aromatic nitrogens is 2. The highest BCUT2D eigenvalue weighted by Gasteiger charge is 2.17. The van der Waals surface area contributed by atoms with Gasteiger partial charge in [0, 0.05) is 6.54 Å². The number of rotatable bonds is 6. The molecule has 2 heterocycles. The second kappa shape index (κ2) is 8.73. The molecule has 0 unspecified atom stereocenters. The molecule has 0 radical (unpaired) electrons. The van der Waals surface area contributed by atoms with Crippen LogP contribution >= 0.6 is 11.3 Å². The quantitative estimate of drug-likeness (QED) is 0.508.